The summed E-state index contributed by atoms with van der Waals surface area (Å²) in [6.45, 7) is 2.22. The summed E-state index contributed by atoms with van der Waals surface area (Å²) >= 11 is 0. The van der Waals surface area contributed by atoms with E-state index < -0.39 is 34.9 Å². The van der Waals surface area contributed by atoms with Crippen molar-refractivity contribution in [1.29, 1.82) is 0 Å². The van der Waals surface area contributed by atoms with Gasteiger partial charge in [-0.3, -0.25) is 0 Å². The lowest BCUT2D eigenvalue weighted by Crippen LogP contribution is -2.22. The summed E-state index contributed by atoms with van der Waals surface area (Å²) in [6, 6.07) is 14.5. The van der Waals surface area contributed by atoms with E-state index in [0.717, 1.165) is 17.0 Å². The molecule has 0 bridgehead atoms. The Kier molecular flexibility index (Phi) is 7.24. The predicted molar refractivity (Wildman–Crippen MR) is 122 cm³/mol. The molecule has 3 aromatic carbocycles. The van der Waals surface area contributed by atoms with Crippen molar-refractivity contribution in [2.24, 2.45) is 5.92 Å². The first-order valence-corrected chi connectivity index (χ1v) is 11.7. The van der Waals surface area contributed by atoms with Gasteiger partial charge in [0, 0.05) is 12.1 Å². The molecule has 0 radical (unpaired) electrons. The maximum absolute atomic E-state index is 14.5. The van der Waals surface area contributed by atoms with E-state index in [-0.39, 0.29) is 0 Å². The van der Waals surface area contributed by atoms with Gasteiger partial charge >= 0.3 is 6.11 Å². The lowest BCUT2D eigenvalue weighted by molar-refractivity contribution is -0.185. The summed E-state index contributed by atoms with van der Waals surface area (Å²) in [7, 11) is 0. The minimum Gasteiger partial charge on any atom is -0.429 e. The highest BCUT2D eigenvalue weighted by Crippen LogP contribution is 2.41. The summed E-state index contributed by atoms with van der Waals surface area (Å²) in [4.78, 5) is 0. The number of hydrogen-bond donors (Lipinski definition) is 0. The van der Waals surface area contributed by atoms with Crippen molar-refractivity contribution >= 4 is 0 Å². The SMILES string of the molecule is CCCCC1CCC(c2ccc(-c3ccc(C(F)(F)Oc4cc(F)c(F)c(F)c4)cc3)cc2)C1. The van der Waals surface area contributed by atoms with Crippen molar-refractivity contribution in [1.82, 2.24) is 0 Å². The van der Waals surface area contributed by atoms with Crippen LogP contribution in [-0.2, 0) is 6.11 Å². The first kappa shape index (κ1) is 24.2. The summed E-state index contributed by atoms with van der Waals surface area (Å²) in [6.07, 6.45) is 3.68. The normalized spacial score (nSPS) is 18.3. The fourth-order valence-corrected chi connectivity index (χ4v) is 4.74. The van der Waals surface area contributed by atoms with Crippen LogP contribution in [0.5, 0.6) is 5.75 Å². The molecule has 1 aliphatic rings. The molecule has 34 heavy (non-hydrogen) atoms. The van der Waals surface area contributed by atoms with Crippen molar-refractivity contribution < 1.29 is 26.7 Å². The average Bonchev–Trinajstić information content (AvgIpc) is 3.30. The Bertz CT molecular complexity index is 1090. The van der Waals surface area contributed by atoms with Crippen LogP contribution in [0, 0.1) is 23.4 Å². The minimum atomic E-state index is -3.85. The Hall–Kier alpha value is -2.89. The standard InChI is InChI=1S/C28H27F5O/c1-2-3-4-18-5-6-22(15-18)21-9-7-19(8-10-21)20-11-13-23(14-12-20)28(32,33)34-24-16-25(29)27(31)26(30)17-24/h7-14,16-18,22H,2-6,15H2,1H3. The van der Waals surface area contributed by atoms with Gasteiger partial charge < -0.3 is 4.74 Å². The maximum Gasteiger partial charge on any atom is 0.426 e. The van der Waals surface area contributed by atoms with Gasteiger partial charge in [0.05, 0.1) is 5.56 Å². The van der Waals surface area contributed by atoms with Gasteiger partial charge in [-0.2, -0.15) is 8.78 Å². The number of benzene rings is 3. The lowest BCUT2D eigenvalue weighted by Gasteiger charge is -2.19. The van der Waals surface area contributed by atoms with Crippen LogP contribution in [0.15, 0.2) is 60.7 Å². The third-order valence-electron chi connectivity index (χ3n) is 6.65. The molecule has 1 saturated carbocycles. The summed E-state index contributed by atoms with van der Waals surface area (Å²) in [5.41, 5.74) is 2.50. The molecule has 3 aromatic rings. The van der Waals surface area contributed by atoms with E-state index in [2.05, 4.69) is 23.8 Å². The van der Waals surface area contributed by atoms with Gasteiger partial charge in [-0.05, 0) is 59.9 Å². The number of alkyl halides is 2. The topological polar surface area (TPSA) is 9.23 Å². The lowest BCUT2D eigenvalue weighted by atomic mass is 9.93. The highest BCUT2D eigenvalue weighted by Gasteiger charge is 2.35. The molecule has 0 amide bonds. The van der Waals surface area contributed by atoms with Crippen LogP contribution < -0.4 is 4.74 Å². The van der Waals surface area contributed by atoms with Crippen LogP contribution >= 0.6 is 0 Å². The summed E-state index contributed by atoms with van der Waals surface area (Å²) in [5, 5.41) is 0. The van der Waals surface area contributed by atoms with Crippen LogP contribution in [-0.4, -0.2) is 0 Å². The van der Waals surface area contributed by atoms with E-state index in [1.807, 2.05) is 12.1 Å². The Morgan fingerprint density at radius 1 is 0.853 bits per heavy atom. The van der Waals surface area contributed by atoms with Crippen LogP contribution in [0.3, 0.4) is 0 Å². The second-order valence-corrected chi connectivity index (χ2v) is 9.04. The second kappa shape index (κ2) is 10.2. The molecule has 180 valence electrons. The zero-order chi connectivity index (χ0) is 24.3. The molecule has 0 saturated heterocycles. The second-order valence-electron chi connectivity index (χ2n) is 9.04. The van der Waals surface area contributed by atoms with Gasteiger partial charge in [-0.1, -0.05) is 62.6 Å². The third-order valence-corrected chi connectivity index (χ3v) is 6.65. The fraction of sp³-hybridized carbons (Fsp3) is 0.357. The largest absolute Gasteiger partial charge is 0.429 e. The van der Waals surface area contributed by atoms with Gasteiger partial charge in [0.15, 0.2) is 17.5 Å². The highest BCUT2D eigenvalue weighted by atomic mass is 19.3. The molecule has 4 rings (SSSR count). The fourth-order valence-electron chi connectivity index (χ4n) is 4.74. The van der Waals surface area contributed by atoms with Crippen LogP contribution in [0.4, 0.5) is 22.0 Å². The predicted octanol–water partition coefficient (Wildman–Crippen LogP) is 8.97. The van der Waals surface area contributed by atoms with Crippen LogP contribution in [0.25, 0.3) is 11.1 Å². The molecule has 1 fully saturated rings. The zero-order valence-electron chi connectivity index (χ0n) is 19.0. The monoisotopic (exact) mass is 474 g/mol. The van der Waals surface area contributed by atoms with Gasteiger partial charge in [0.2, 0.25) is 0 Å². The van der Waals surface area contributed by atoms with E-state index in [9.17, 15) is 22.0 Å². The van der Waals surface area contributed by atoms with Gasteiger partial charge in [0.1, 0.15) is 5.75 Å². The number of ether oxygens (including phenoxy) is 1. The van der Waals surface area contributed by atoms with Crippen molar-refractivity contribution in [3.05, 3.63) is 89.2 Å². The minimum absolute atomic E-state index is 0.388. The zero-order valence-corrected chi connectivity index (χ0v) is 19.0. The van der Waals surface area contributed by atoms with Crippen molar-refractivity contribution in [3.63, 3.8) is 0 Å². The quantitative estimate of drug-likeness (QED) is 0.234. The molecular weight excluding hydrogens is 447 g/mol. The molecule has 0 aliphatic heterocycles. The Morgan fingerprint density at radius 2 is 1.44 bits per heavy atom. The van der Waals surface area contributed by atoms with E-state index in [1.165, 1.54) is 56.2 Å². The Labute approximate surface area is 196 Å². The maximum atomic E-state index is 14.5. The van der Waals surface area contributed by atoms with E-state index >= 15 is 0 Å². The molecule has 1 nitrogen and oxygen atoms in total. The van der Waals surface area contributed by atoms with Crippen LogP contribution in [0.2, 0.25) is 0 Å². The smallest absolute Gasteiger partial charge is 0.426 e. The number of halogens is 5. The summed E-state index contributed by atoms with van der Waals surface area (Å²) in [5.74, 6) is -4.35. The number of hydrogen-bond acceptors (Lipinski definition) is 1. The summed E-state index contributed by atoms with van der Waals surface area (Å²) < 4.78 is 73.2. The molecular formula is C28H27F5O. The van der Waals surface area contributed by atoms with Crippen molar-refractivity contribution in [2.75, 3.05) is 0 Å². The van der Waals surface area contributed by atoms with E-state index in [4.69, 9.17) is 0 Å². The molecule has 0 N–H and O–H groups in total. The molecule has 1 aliphatic carbocycles. The first-order valence-electron chi connectivity index (χ1n) is 11.7. The number of rotatable bonds is 8. The van der Waals surface area contributed by atoms with Gasteiger partial charge in [0.25, 0.3) is 0 Å². The van der Waals surface area contributed by atoms with Crippen molar-refractivity contribution in [2.45, 2.75) is 57.5 Å². The Balaban J connectivity index is 1.43. The number of unbranched alkanes of at least 4 members (excludes halogenated alkanes) is 1. The average molecular weight is 475 g/mol. The highest BCUT2D eigenvalue weighted by molar-refractivity contribution is 5.64. The van der Waals surface area contributed by atoms with Gasteiger partial charge in [-0.15, -0.1) is 0 Å². The van der Waals surface area contributed by atoms with Crippen molar-refractivity contribution in [3.8, 4) is 16.9 Å². The van der Waals surface area contributed by atoms with Crippen LogP contribution in [0.1, 0.15) is 62.5 Å². The van der Waals surface area contributed by atoms with Gasteiger partial charge in [-0.25, -0.2) is 13.2 Å². The molecule has 0 spiro atoms. The van der Waals surface area contributed by atoms with E-state index in [0.29, 0.717) is 18.1 Å². The molecule has 0 aromatic heterocycles. The molecule has 2 unspecified atom stereocenters. The Morgan fingerprint density at radius 3 is 2.03 bits per heavy atom. The molecule has 6 heteroatoms. The third kappa shape index (κ3) is 5.43. The van der Waals surface area contributed by atoms with E-state index in [1.54, 1.807) is 12.1 Å². The first-order chi connectivity index (χ1) is 16.3. The molecule has 2 atom stereocenters. The molecule has 0 heterocycles.